The number of rotatable bonds is 2. The van der Waals surface area contributed by atoms with Gasteiger partial charge in [-0.05, 0) is 30.7 Å². The third kappa shape index (κ3) is 2.37. The van der Waals surface area contributed by atoms with Crippen LogP contribution in [0, 0.1) is 6.92 Å². The molecule has 0 bridgehead atoms. The Morgan fingerprint density at radius 3 is 3.00 bits per heavy atom. The van der Waals surface area contributed by atoms with E-state index in [9.17, 15) is 4.79 Å². The summed E-state index contributed by atoms with van der Waals surface area (Å²) in [7, 11) is 0. The molecule has 0 aromatic heterocycles. The minimum Gasteiger partial charge on any atom is -0.449 e. The Kier molecular flexibility index (Phi) is 3.54. The summed E-state index contributed by atoms with van der Waals surface area (Å²) in [4.78, 5) is 13.4. The highest BCUT2D eigenvalue weighted by Crippen LogP contribution is 2.28. The largest absolute Gasteiger partial charge is 0.449 e. The molecule has 1 aromatic rings. The van der Waals surface area contributed by atoms with Crippen molar-refractivity contribution < 1.29 is 9.53 Å². The molecule has 5 heteroatoms. The summed E-state index contributed by atoms with van der Waals surface area (Å²) < 4.78 is 5.06. The van der Waals surface area contributed by atoms with Crippen LogP contribution in [0.4, 0.5) is 10.5 Å². The van der Waals surface area contributed by atoms with Crippen LogP contribution < -0.4 is 10.6 Å². The topological polar surface area (TPSA) is 55.6 Å². The minimum absolute atomic E-state index is 0.00359. The first-order valence-corrected chi connectivity index (χ1v) is 5.93. The molecule has 4 nitrogen and oxygen atoms in total. The highest BCUT2D eigenvalue weighted by Gasteiger charge is 2.30. The lowest BCUT2D eigenvalue weighted by atomic mass is 10.1. The number of ether oxygens (including phenoxy) is 1. The normalized spacial score (nSPS) is 20.3. The molecule has 1 unspecified atom stereocenters. The standard InChI is InChI=1S/C12H15ClN2O2/c1-8-6-9(13)2-3-11(8)15-10(7-14)4-5-17-12(15)16/h2-3,6,10H,4-5,7,14H2,1H3. The first-order chi connectivity index (χ1) is 8.13. The molecule has 1 saturated heterocycles. The van der Waals surface area contributed by atoms with Crippen LogP contribution in [-0.4, -0.2) is 25.3 Å². The summed E-state index contributed by atoms with van der Waals surface area (Å²) >= 11 is 5.90. The lowest BCUT2D eigenvalue weighted by molar-refractivity contribution is 0.130. The van der Waals surface area contributed by atoms with E-state index in [1.165, 1.54) is 0 Å². The zero-order chi connectivity index (χ0) is 12.4. The minimum atomic E-state index is -0.336. The number of cyclic esters (lactones) is 1. The first-order valence-electron chi connectivity index (χ1n) is 5.55. The Bertz CT molecular complexity index is 437. The molecule has 0 radical (unpaired) electrons. The molecule has 1 atom stereocenters. The van der Waals surface area contributed by atoms with Gasteiger partial charge in [0, 0.05) is 18.0 Å². The molecule has 1 aromatic carbocycles. The van der Waals surface area contributed by atoms with Gasteiger partial charge < -0.3 is 10.5 Å². The number of nitrogens with zero attached hydrogens (tertiary/aromatic N) is 1. The van der Waals surface area contributed by atoms with E-state index in [0.29, 0.717) is 18.2 Å². The summed E-state index contributed by atoms with van der Waals surface area (Å²) in [6.07, 6.45) is 0.418. The SMILES string of the molecule is Cc1cc(Cl)ccc1N1C(=O)OCCC1CN. The van der Waals surface area contributed by atoms with Gasteiger partial charge in [0.25, 0.3) is 0 Å². The van der Waals surface area contributed by atoms with Crippen LogP contribution in [-0.2, 0) is 4.74 Å². The monoisotopic (exact) mass is 254 g/mol. The van der Waals surface area contributed by atoms with E-state index in [0.717, 1.165) is 17.7 Å². The number of carbonyl (C=O) groups is 1. The zero-order valence-electron chi connectivity index (χ0n) is 9.65. The molecular formula is C12H15ClN2O2. The molecule has 0 aliphatic carbocycles. The summed E-state index contributed by atoms with van der Waals surface area (Å²) in [6, 6.07) is 5.41. The molecule has 0 spiro atoms. The van der Waals surface area contributed by atoms with Gasteiger partial charge in [-0.3, -0.25) is 4.90 Å². The van der Waals surface area contributed by atoms with Crippen molar-refractivity contribution in [1.29, 1.82) is 0 Å². The van der Waals surface area contributed by atoms with Crippen LogP contribution in [0.5, 0.6) is 0 Å². The summed E-state index contributed by atoms with van der Waals surface area (Å²) in [5, 5.41) is 0.654. The number of carbonyl (C=O) groups excluding carboxylic acids is 1. The zero-order valence-corrected chi connectivity index (χ0v) is 10.4. The van der Waals surface area contributed by atoms with E-state index in [2.05, 4.69) is 0 Å². The van der Waals surface area contributed by atoms with Gasteiger partial charge in [0.2, 0.25) is 0 Å². The predicted octanol–water partition coefficient (Wildman–Crippen LogP) is 2.32. The Balaban J connectivity index is 2.38. The van der Waals surface area contributed by atoms with E-state index >= 15 is 0 Å². The van der Waals surface area contributed by atoms with Gasteiger partial charge in [0.1, 0.15) is 0 Å². The van der Waals surface area contributed by atoms with E-state index < -0.39 is 0 Å². The summed E-state index contributed by atoms with van der Waals surface area (Å²) in [5.74, 6) is 0. The fourth-order valence-electron chi connectivity index (χ4n) is 2.04. The Hall–Kier alpha value is -1.26. The van der Waals surface area contributed by atoms with Crippen LogP contribution in [0.25, 0.3) is 0 Å². The lowest BCUT2D eigenvalue weighted by Crippen LogP contribution is -2.49. The maximum atomic E-state index is 11.8. The second-order valence-corrected chi connectivity index (χ2v) is 4.53. The number of amides is 1. The average Bonchev–Trinajstić information content (AvgIpc) is 2.30. The van der Waals surface area contributed by atoms with Crippen molar-refractivity contribution in [2.75, 3.05) is 18.1 Å². The molecule has 17 heavy (non-hydrogen) atoms. The molecule has 2 rings (SSSR count). The molecule has 1 aliphatic heterocycles. The molecule has 92 valence electrons. The molecule has 1 amide bonds. The van der Waals surface area contributed by atoms with Crippen LogP contribution >= 0.6 is 11.6 Å². The number of hydrogen-bond donors (Lipinski definition) is 1. The van der Waals surface area contributed by atoms with Crippen molar-refractivity contribution in [3.05, 3.63) is 28.8 Å². The molecule has 2 N–H and O–H groups in total. The van der Waals surface area contributed by atoms with E-state index in [-0.39, 0.29) is 12.1 Å². The Labute approximate surface area is 105 Å². The maximum Gasteiger partial charge on any atom is 0.414 e. The average molecular weight is 255 g/mol. The second kappa shape index (κ2) is 4.94. The number of nitrogens with two attached hydrogens (primary N) is 1. The van der Waals surface area contributed by atoms with Gasteiger partial charge in [0.15, 0.2) is 0 Å². The van der Waals surface area contributed by atoms with Crippen molar-refractivity contribution in [3.8, 4) is 0 Å². The molecule has 1 aliphatic rings. The molecule has 1 fully saturated rings. The van der Waals surface area contributed by atoms with Gasteiger partial charge in [-0.1, -0.05) is 11.6 Å². The fraction of sp³-hybridized carbons (Fsp3) is 0.417. The van der Waals surface area contributed by atoms with Crippen LogP contribution in [0.2, 0.25) is 5.02 Å². The fourth-order valence-corrected chi connectivity index (χ4v) is 2.26. The number of halogens is 1. The lowest BCUT2D eigenvalue weighted by Gasteiger charge is -2.35. The predicted molar refractivity (Wildman–Crippen MR) is 67.5 cm³/mol. The van der Waals surface area contributed by atoms with Crippen molar-refractivity contribution in [1.82, 2.24) is 0 Å². The molecular weight excluding hydrogens is 240 g/mol. The number of hydrogen-bond acceptors (Lipinski definition) is 3. The van der Waals surface area contributed by atoms with Crippen molar-refractivity contribution >= 4 is 23.4 Å². The van der Waals surface area contributed by atoms with Crippen molar-refractivity contribution in [2.45, 2.75) is 19.4 Å². The number of anilines is 1. The highest BCUT2D eigenvalue weighted by molar-refractivity contribution is 6.30. The van der Waals surface area contributed by atoms with E-state index in [1.807, 2.05) is 19.1 Å². The van der Waals surface area contributed by atoms with Crippen LogP contribution in [0.1, 0.15) is 12.0 Å². The summed E-state index contributed by atoms with van der Waals surface area (Å²) in [6.45, 7) is 2.78. The Morgan fingerprint density at radius 1 is 1.59 bits per heavy atom. The number of benzene rings is 1. The quantitative estimate of drug-likeness (QED) is 0.881. The first kappa shape index (κ1) is 12.2. The van der Waals surface area contributed by atoms with Gasteiger partial charge in [-0.15, -0.1) is 0 Å². The van der Waals surface area contributed by atoms with Crippen LogP contribution in [0.3, 0.4) is 0 Å². The van der Waals surface area contributed by atoms with Crippen molar-refractivity contribution in [2.24, 2.45) is 5.73 Å². The highest BCUT2D eigenvalue weighted by atomic mass is 35.5. The maximum absolute atomic E-state index is 11.8. The summed E-state index contributed by atoms with van der Waals surface area (Å²) in [5.41, 5.74) is 7.45. The van der Waals surface area contributed by atoms with E-state index in [4.69, 9.17) is 22.1 Å². The molecule has 1 heterocycles. The smallest absolute Gasteiger partial charge is 0.414 e. The second-order valence-electron chi connectivity index (χ2n) is 4.09. The molecule has 0 saturated carbocycles. The number of aryl methyl sites for hydroxylation is 1. The third-order valence-corrected chi connectivity index (χ3v) is 3.16. The third-order valence-electron chi connectivity index (χ3n) is 2.93. The van der Waals surface area contributed by atoms with Gasteiger partial charge >= 0.3 is 6.09 Å². The Morgan fingerprint density at radius 2 is 2.35 bits per heavy atom. The van der Waals surface area contributed by atoms with Gasteiger partial charge in [-0.25, -0.2) is 4.79 Å². The van der Waals surface area contributed by atoms with Crippen LogP contribution in [0.15, 0.2) is 18.2 Å². The van der Waals surface area contributed by atoms with E-state index in [1.54, 1.807) is 11.0 Å². The van der Waals surface area contributed by atoms with Crippen molar-refractivity contribution in [3.63, 3.8) is 0 Å². The van der Waals surface area contributed by atoms with Gasteiger partial charge in [0.05, 0.1) is 18.3 Å². The van der Waals surface area contributed by atoms with Gasteiger partial charge in [-0.2, -0.15) is 0 Å².